The molecule has 5 heteroatoms. The Labute approximate surface area is 113 Å². The number of ether oxygens (including phenoxy) is 2. The Morgan fingerprint density at radius 1 is 1.26 bits per heavy atom. The maximum atomic E-state index is 12.1. The Morgan fingerprint density at radius 2 is 1.95 bits per heavy atom. The second-order valence-electron chi connectivity index (χ2n) is 6.23. The zero-order valence-electron chi connectivity index (χ0n) is 11.6. The van der Waals surface area contributed by atoms with Crippen LogP contribution in [0, 0.1) is 23.7 Å². The van der Waals surface area contributed by atoms with Crippen LogP contribution in [0.1, 0.15) is 33.6 Å². The Bertz CT molecular complexity index is 410. The number of fused-ring (bicyclic) bond motifs is 1. The molecular formula is C14H21NO4. The number of carbonyl (C=O) groups excluding carboxylic acids is 2. The topological polar surface area (TPSA) is 67.9 Å². The predicted octanol–water partition coefficient (Wildman–Crippen LogP) is 1.07. The van der Waals surface area contributed by atoms with Gasteiger partial charge < -0.3 is 14.8 Å². The molecule has 3 aliphatic rings. The first-order chi connectivity index (χ1) is 8.99. The van der Waals surface area contributed by atoms with Crippen molar-refractivity contribution >= 4 is 11.9 Å². The number of rotatable bonds is 2. The molecule has 106 valence electrons. The SMILES string of the molecule is CC1CCC2C(C)C(NC(=O)C3OC3C)OC(=O)C12. The van der Waals surface area contributed by atoms with Crippen LogP contribution in [0.3, 0.4) is 0 Å². The van der Waals surface area contributed by atoms with Crippen LogP contribution in [-0.4, -0.2) is 30.3 Å². The largest absolute Gasteiger partial charge is 0.441 e. The Hall–Kier alpha value is -1.10. The Kier molecular flexibility index (Phi) is 3.04. The smallest absolute Gasteiger partial charge is 0.311 e. The minimum atomic E-state index is -0.497. The fraction of sp³-hybridized carbons (Fsp3) is 0.857. The van der Waals surface area contributed by atoms with E-state index in [0.717, 1.165) is 12.8 Å². The summed E-state index contributed by atoms with van der Waals surface area (Å²) in [6.45, 7) is 6.02. The lowest BCUT2D eigenvalue weighted by Crippen LogP contribution is -2.52. The van der Waals surface area contributed by atoms with Crippen LogP contribution in [0.25, 0.3) is 0 Å². The van der Waals surface area contributed by atoms with Gasteiger partial charge in [-0.3, -0.25) is 9.59 Å². The van der Waals surface area contributed by atoms with Crippen LogP contribution in [0.15, 0.2) is 0 Å². The van der Waals surface area contributed by atoms with Gasteiger partial charge in [0, 0.05) is 5.92 Å². The highest BCUT2D eigenvalue weighted by molar-refractivity contribution is 5.84. The highest BCUT2D eigenvalue weighted by Crippen LogP contribution is 2.46. The van der Waals surface area contributed by atoms with E-state index in [0.29, 0.717) is 11.8 Å². The van der Waals surface area contributed by atoms with Gasteiger partial charge in [-0.1, -0.05) is 13.8 Å². The molecular weight excluding hydrogens is 246 g/mol. The fourth-order valence-electron chi connectivity index (χ4n) is 3.61. The predicted molar refractivity (Wildman–Crippen MR) is 66.9 cm³/mol. The fourth-order valence-corrected chi connectivity index (χ4v) is 3.61. The molecule has 0 aromatic heterocycles. The van der Waals surface area contributed by atoms with Crippen molar-refractivity contribution < 1.29 is 19.1 Å². The maximum absolute atomic E-state index is 12.1. The van der Waals surface area contributed by atoms with E-state index in [1.165, 1.54) is 0 Å². The minimum absolute atomic E-state index is 0.0132. The van der Waals surface area contributed by atoms with Crippen molar-refractivity contribution in [2.24, 2.45) is 23.7 Å². The number of esters is 1. The van der Waals surface area contributed by atoms with Gasteiger partial charge in [0.1, 0.15) is 0 Å². The molecule has 3 fully saturated rings. The summed E-state index contributed by atoms with van der Waals surface area (Å²) in [6, 6.07) is 0. The third kappa shape index (κ3) is 2.14. The van der Waals surface area contributed by atoms with Gasteiger partial charge in [0.15, 0.2) is 12.3 Å². The van der Waals surface area contributed by atoms with Crippen LogP contribution < -0.4 is 5.32 Å². The lowest BCUT2D eigenvalue weighted by molar-refractivity contribution is -0.175. The summed E-state index contributed by atoms with van der Waals surface area (Å²) in [4.78, 5) is 23.9. The third-order valence-corrected chi connectivity index (χ3v) is 4.95. The van der Waals surface area contributed by atoms with E-state index in [9.17, 15) is 9.59 Å². The summed E-state index contributed by atoms with van der Waals surface area (Å²) >= 11 is 0. The van der Waals surface area contributed by atoms with Crippen molar-refractivity contribution in [3.05, 3.63) is 0 Å². The number of epoxide rings is 1. The summed E-state index contributed by atoms with van der Waals surface area (Å²) in [5.41, 5.74) is 0. The van der Waals surface area contributed by atoms with Gasteiger partial charge in [0.05, 0.1) is 12.0 Å². The minimum Gasteiger partial charge on any atom is -0.441 e. The number of hydrogen-bond donors (Lipinski definition) is 1. The van der Waals surface area contributed by atoms with E-state index in [1.807, 2.05) is 6.92 Å². The summed E-state index contributed by atoms with van der Waals surface area (Å²) in [5, 5.41) is 2.81. The Morgan fingerprint density at radius 3 is 2.58 bits per heavy atom. The van der Waals surface area contributed by atoms with Gasteiger partial charge in [-0.2, -0.15) is 0 Å². The van der Waals surface area contributed by atoms with Crippen molar-refractivity contribution in [3.8, 4) is 0 Å². The zero-order valence-corrected chi connectivity index (χ0v) is 11.6. The molecule has 0 radical (unpaired) electrons. The van der Waals surface area contributed by atoms with E-state index in [-0.39, 0.29) is 35.9 Å². The summed E-state index contributed by atoms with van der Waals surface area (Å²) in [6.07, 6.45) is 1.23. The lowest BCUT2D eigenvalue weighted by atomic mass is 9.79. The average Bonchev–Trinajstić information content (AvgIpc) is 2.95. The van der Waals surface area contributed by atoms with Gasteiger partial charge in [0.2, 0.25) is 0 Å². The summed E-state index contributed by atoms with van der Waals surface area (Å²) in [7, 11) is 0. The number of nitrogens with one attached hydrogen (secondary N) is 1. The van der Waals surface area contributed by atoms with E-state index in [4.69, 9.17) is 9.47 Å². The van der Waals surface area contributed by atoms with Crippen LogP contribution >= 0.6 is 0 Å². The molecule has 3 rings (SSSR count). The molecule has 19 heavy (non-hydrogen) atoms. The first-order valence-electron chi connectivity index (χ1n) is 7.15. The van der Waals surface area contributed by atoms with Crippen LogP contribution in [-0.2, 0) is 19.1 Å². The highest BCUT2D eigenvalue weighted by atomic mass is 16.6. The van der Waals surface area contributed by atoms with Crippen molar-refractivity contribution in [1.29, 1.82) is 0 Å². The molecule has 0 spiro atoms. The molecule has 0 bridgehead atoms. The molecule has 0 aromatic carbocycles. The quantitative estimate of drug-likeness (QED) is 0.600. The van der Waals surface area contributed by atoms with Gasteiger partial charge in [0.25, 0.3) is 5.91 Å². The van der Waals surface area contributed by atoms with Gasteiger partial charge in [-0.15, -0.1) is 0 Å². The van der Waals surface area contributed by atoms with E-state index in [2.05, 4.69) is 19.2 Å². The first kappa shape index (κ1) is 12.9. The number of cyclic esters (lactones) is 1. The normalized spacial score (nSPS) is 48.4. The van der Waals surface area contributed by atoms with Crippen molar-refractivity contribution in [2.75, 3.05) is 0 Å². The summed E-state index contributed by atoms with van der Waals surface area (Å²) < 4.78 is 10.6. The van der Waals surface area contributed by atoms with Crippen LogP contribution in [0.4, 0.5) is 0 Å². The molecule has 0 aromatic rings. The first-order valence-corrected chi connectivity index (χ1v) is 7.15. The number of hydrogen-bond acceptors (Lipinski definition) is 4. The number of amides is 1. The lowest BCUT2D eigenvalue weighted by Gasteiger charge is -2.38. The third-order valence-electron chi connectivity index (χ3n) is 4.95. The zero-order chi connectivity index (χ0) is 13.7. The molecule has 7 unspecified atom stereocenters. The second kappa shape index (κ2) is 4.47. The second-order valence-corrected chi connectivity index (χ2v) is 6.23. The van der Waals surface area contributed by atoms with Crippen molar-refractivity contribution in [1.82, 2.24) is 5.32 Å². The molecule has 1 saturated carbocycles. The van der Waals surface area contributed by atoms with E-state index in [1.54, 1.807) is 0 Å². The molecule has 1 N–H and O–H groups in total. The maximum Gasteiger partial charge on any atom is 0.311 e. The molecule has 2 heterocycles. The molecule has 2 saturated heterocycles. The van der Waals surface area contributed by atoms with E-state index >= 15 is 0 Å². The molecule has 2 aliphatic heterocycles. The van der Waals surface area contributed by atoms with Crippen molar-refractivity contribution in [2.45, 2.75) is 52.0 Å². The molecule has 1 amide bonds. The van der Waals surface area contributed by atoms with Crippen molar-refractivity contribution in [3.63, 3.8) is 0 Å². The van der Waals surface area contributed by atoms with Gasteiger partial charge in [-0.05, 0) is 31.6 Å². The molecule has 5 nitrogen and oxygen atoms in total. The van der Waals surface area contributed by atoms with Gasteiger partial charge in [-0.25, -0.2) is 0 Å². The van der Waals surface area contributed by atoms with Crippen LogP contribution in [0.2, 0.25) is 0 Å². The monoisotopic (exact) mass is 267 g/mol. The van der Waals surface area contributed by atoms with Crippen LogP contribution in [0.5, 0.6) is 0 Å². The number of carbonyl (C=O) groups is 2. The molecule has 7 atom stereocenters. The molecule has 1 aliphatic carbocycles. The highest BCUT2D eigenvalue weighted by Gasteiger charge is 2.51. The average molecular weight is 267 g/mol. The van der Waals surface area contributed by atoms with E-state index < -0.39 is 6.23 Å². The van der Waals surface area contributed by atoms with Gasteiger partial charge >= 0.3 is 5.97 Å². The Balaban J connectivity index is 1.67. The standard InChI is InChI=1S/C14H21NO4/c1-6-4-5-9-7(2)13(19-14(17)10(6)9)15-12(16)11-8(3)18-11/h6-11,13H,4-5H2,1-3H3,(H,15,16). The summed E-state index contributed by atoms with van der Waals surface area (Å²) in [5.74, 6) is 0.595.